The van der Waals surface area contributed by atoms with Crippen LogP contribution in [0.2, 0.25) is 0 Å². The van der Waals surface area contributed by atoms with Crippen molar-refractivity contribution >= 4 is 5.78 Å². The molecule has 1 aromatic carbocycles. The van der Waals surface area contributed by atoms with Gasteiger partial charge in [-0.15, -0.1) is 0 Å². The third-order valence-electron chi connectivity index (χ3n) is 2.75. The van der Waals surface area contributed by atoms with Gasteiger partial charge in [0, 0.05) is 12.0 Å². The Hall–Kier alpha value is -1.22. The van der Waals surface area contributed by atoms with E-state index < -0.39 is 0 Å². The molecule has 0 heterocycles. The van der Waals surface area contributed by atoms with Crippen molar-refractivity contribution < 1.29 is 9.18 Å². The Balaban J connectivity index is 2.63. The molecule has 0 aliphatic carbocycles. The molecule has 0 spiro atoms. The maximum absolute atomic E-state index is 13.0. The van der Waals surface area contributed by atoms with Crippen molar-refractivity contribution in [2.24, 2.45) is 11.7 Å². The van der Waals surface area contributed by atoms with E-state index in [2.05, 4.69) is 0 Å². The fourth-order valence-electron chi connectivity index (χ4n) is 1.46. The highest BCUT2D eigenvalue weighted by molar-refractivity contribution is 5.96. The van der Waals surface area contributed by atoms with Crippen LogP contribution in [0.15, 0.2) is 18.2 Å². The summed E-state index contributed by atoms with van der Waals surface area (Å²) in [6.07, 6.45) is 1.26. The summed E-state index contributed by atoms with van der Waals surface area (Å²) >= 11 is 0. The molecule has 2 N–H and O–H groups in total. The molecule has 1 unspecified atom stereocenters. The molecule has 0 radical (unpaired) electrons. The molecule has 0 amide bonds. The first kappa shape index (κ1) is 12.8. The summed E-state index contributed by atoms with van der Waals surface area (Å²) in [4.78, 5) is 11.8. The molecule has 0 bridgehead atoms. The Morgan fingerprint density at radius 2 is 2.19 bits per heavy atom. The maximum Gasteiger partial charge on any atom is 0.162 e. The third-order valence-corrected chi connectivity index (χ3v) is 2.75. The fourth-order valence-corrected chi connectivity index (χ4v) is 1.46. The number of ketones is 1. The van der Waals surface area contributed by atoms with Crippen molar-refractivity contribution in [2.75, 3.05) is 6.54 Å². The van der Waals surface area contributed by atoms with Gasteiger partial charge in [0.1, 0.15) is 5.82 Å². The van der Waals surface area contributed by atoms with Crippen molar-refractivity contribution in [3.8, 4) is 0 Å². The molecule has 1 atom stereocenters. The van der Waals surface area contributed by atoms with Crippen molar-refractivity contribution in [1.29, 1.82) is 0 Å². The van der Waals surface area contributed by atoms with Gasteiger partial charge in [-0.25, -0.2) is 4.39 Å². The smallest absolute Gasteiger partial charge is 0.162 e. The monoisotopic (exact) mass is 223 g/mol. The first-order valence-electron chi connectivity index (χ1n) is 5.54. The van der Waals surface area contributed by atoms with Gasteiger partial charge in [0.15, 0.2) is 5.78 Å². The summed E-state index contributed by atoms with van der Waals surface area (Å²) in [6, 6.07) is 4.48. The van der Waals surface area contributed by atoms with Gasteiger partial charge in [-0.05, 0) is 49.6 Å². The summed E-state index contributed by atoms with van der Waals surface area (Å²) in [5.41, 5.74) is 6.58. The van der Waals surface area contributed by atoms with Gasteiger partial charge in [-0.2, -0.15) is 0 Å². The van der Waals surface area contributed by atoms with E-state index in [9.17, 15) is 9.18 Å². The second-order valence-electron chi connectivity index (χ2n) is 4.27. The van der Waals surface area contributed by atoms with Crippen LogP contribution in [0.1, 0.15) is 35.7 Å². The number of carbonyl (C=O) groups excluding carboxylic acids is 1. The van der Waals surface area contributed by atoms with Crippen LogP contribution >= 0.6 is 0 Å². The number of hydrogen-bond acceptors (Lipinski definition) is 2. The van der Waals surface area contributed by atoms with Gasteiger partial charge >= 0.3 is 0 Å². The molecule has 88 valence electrons. The Labute approximate surface area is 95.7 Å². The minimum absolute atomic E-state index is 0.0587. The maximum atomic E-state index is 13.0. The molecular weight excluding hydrogens is 205 g/mol. The molecule has 0 saturated heterocycles. The highest BCUT2D eigenvalue weighted by Crippen LogP contribution is 2.13. The first-order chi connectivity index (χ1) is 7.54. The zero-order valence-corrected chi connectivity index (χ0v) is 9.79. The minimum Gasteiger partial charge on any atom is -0.330 e. The van der Waals surface area contributed by atoms with E-state index in [0.717, 1.165) is 6.42 Å². The van der Waals surface area contributed by atoms with Gasteiger partial charge in [0.25, 0.3) is 0 Å². The SMILES string of the molecule is Cc1cc(C(=O)CCC(C)CN)ccc1F. The molecule has 0 aromatic heterocycles. The topological polar surface area (TPSA) is 43.1 Å². The van der Waals surface area contributed by atoms with E-state index in [1.54, 1.807) is 13.0 Å². The lowest BCUT2D eigenvalue weighted by Crippen LogP contribution is -2.12. The molecule has 0 aliphatic heterocycles. The standard InChI is InChI=1S/C13H18FNO/c1-9(8-15)3-6-13(16)11-4-5-12(14)10(2)7-11/h4-5,7,9H,3,6,8,15H2,1-2H3. The van der Waals surface area contributed by atoms with Crippen LogP contribution in [-0.2, 0) is 0 Å². The van der Waals surface area contributed by atoms with Gasteiger partial charge in [0.05, 0.1) is 0 Å². The van der Waals surface area contributed by atoms with E-state index in [-0.39, 0.29) is 11.6 Å². The number of halogens is 1. The quantitative estimate of drug-likeness (QED) is 0.780. The van der Waals surface area contributed by atoms with E-state index in [0.29, 0.717) is 30.0 Å². The Kier molecular flexibility index (Phi) is 4.62. The molecule has 0 saturated carbocycles. The average molecular weight is 223 g/mol. The second kappa shape index (κ2) is 5.75. The molecule has 1 rings (SSSR count). The highest BCUT2D eigenvalue weighted by Gasteiger charge is 2.09. The zero-order valence-electron chi connectivity index (χ0n) is 9.79. The Morgan fingerprint density at radius 3 is 2.75 bits per heavy atom. The van der Waals surface area contributed by atoms with E-state index in [1.807, 2.05) is 6.92 Å². The number of carbonyl (C=O) groups is 1. The van der Waals surface area contributed by atoms with Crippen LogP contribution in [-0.4, -0.2) is 12.3 Å². The first-order valence-corrected chi connectivity index (χ1v) is 5.54. The van der Waals surface area contributed by atoms with Crippen molar-refractivity contribution in [3.63, 3.8) is 0 Å². The van der Waals surface area contributed by atoms with E-state index in [1.165, 1.54) is 12.1 Å². The van der Waals surface area contributed by atoms with E-state index >= 15 is 0 Å². The zero-order chi connectivity index (χ0) is 12.1. The van der Waals surface area contributed by atoms with Crippen LogP contribution in [0.25, 0.3) is 0 Å². The van der Waals surface area contributed by atoms with Gasteiger partial charge < -0.3 is 5.73 Å². The average Bonchev–Trinajstić information content (AvgIpc) is 2.29. The molecule has 16 heavy (non-hydrogen) atoms. The van der Waals surface area contributed by atoms with Crippen LogP contribution in [0.3, 0.4) is 0 Å². The van der Waals surface area contributed by atoms with Crippen LogP contribution < -0.4 is 5.73 Å². The molecule has 1 aromatic rings. The lowest BCUT2D eigenvalue weighted by Gasteiger charge is -2.07. The van der Waals surface area contributed by atoms with Crippen molar-refractivity contribution in [3.05, 3.63) is 35.1 Å². The fraction of sp³-hybridized carbons (Fsp3) is 0.462. The normalized spacial score (nSPS) is 12.5. The number of Topliss-reactive ketones (excluding diaryl/α,β-unsaturated/α-hetero) is 1. The lowest BCUT2D eigenvalue weighted by atomic mass is 9.99. The number of aryl methyl sites for hydroxylation is 1. The number of nitrogens with two attached hydrogens (primary N) is 1. The second-order valence-corrected chi connectivity index (χ2v) is 4.27. The van der Waals surface area contributed by atoms with Gasteiger partial charge in [-0.1, -0.05) is 6.92 Å². The number of benzene rings is 1. The molecule has 0 fully saturated rings. The molecule has 3 heteroatoms. The van der Waals surface area contributed by atoms with Crippen molar-refractivity contribution in [2.45, 2.75) is 26.7 Å². The summed E-state index contributed by atoms with van der Waals surface area (Å²) in [5, 5.41) is 0. The summed E-state index contributed by atoms with van der Waals surface area (Å²) in [5.74, 6) is 0.140. The molecule has 0 aliphatic rings. The van der Waals surface area contributed by atoms with Crippen LogP contribution in [0, 0.1) is 18.7 Å². The molecule has 2 nitrogen and oxygen atoms in total. The Bertz CT molecular complexity index is 376. The number of rotatable bonds is 5. The van der Waals surface area contributed by atoms with Gasteiger partial charge in [0.2, 0.25) is 0 Å². The summed E-state index contributed by atoms with van der Waals surface area (Å²) in [6.45, 7) is 4.27. The minimum atomic E-state index is -0.271. The summed E-state index contributed by atoms with van der Waals surface area (Å²) in [7, 11) is 0. The lowest BCUT2D eigenvalue weighted by molar-refractivity contribution is 0.0975. The van der Waals surface area contributed by atoms with Crippen LogP contribution in [0.4, 0.5) is 4.39 Å². The summed E-state index contributed by atoms with van der Waals surface area (Å²) < 4.78 is 13.0. The Morgan fingerprint density at radius 1 is 1.50 bits per heavy atom. The third kappa shape index (κ3) is 3.42. The highest BCUT2D eigenvalue weighted by atomic mass is 19.1. The largest absolute Gasteiger partial charge is 0.330 e. The predicted molar refractivity (Wildman–Crippen MR) is 62.9 cm³/mol. The van der Waals surface area contributed by atoms with Gasteiger partial charge in [-0.3, -0.25) is 4.79 Å². The molecular formula is C13H18FNO. The van der Waals surface area contributed by atoms with Crippen LogP contribution in [0.5, 0.6) is 0 Å². The van der Waals surface area contributed by atoms with Crippen molar-refractivity contribution in [1.82, 2.24) is 0 Å². The predicted octanol–water partition coefficient (Wildman–Crippen LogP) is 2.69. The number of hydrogen-bond donors (Lipinski definition) is 1. The van der Waals surface area contributed by atoms with E-state index in [4.69, 9.17) is 5.73 Å².